The van der Waals surface area contributed by atoms with E-state index in [4.69, 9.17) is 0 Å². The highest BCUT2D eigenvalue weighted by atomic mass is 15.3. The van der Waals surface area contributed by atoms with Gasteiger partial charge in [-0.3, -0.25) is 4.90 Å². The fourth-order valence-corrected chi connectivity index (χ4v) is 2.31. The maximum Gasteiger partial charge on any atom is 0.0223 e. The smallest absolute Gasteiger partial charge is 0.0223 e. The van der Waals surface area contributed by atoms with Crippen LogP contribution < -0.4 is 0 Å². The Morgan fingerprint density at radius 1 is 0.867 bits per heavy atom. The van der Waals surface area contributed by atoms with Gasteiger partial charge in [0, 0.05) is 25.7 Å². The summed E-state index contributed by atoms with van der Waals surface area (Å²) in [6, 6.07) is 0.891. The van der Waals surface area contributed by atoms with Crippen molar-refractivity contribution in [1.82, 2.24) is 9.80 Å². The Morgan fingerprint density at radius 2 is 1.53 bits per heavy atom. The van der Waals surface area contributed by atoms with Crippen LogP contribution >= 0.6 is 0 Å². The van der Waals surface area contributed by atoms with Crippen LogP contribution in [0.4, 0.5) is 0 Å². The van der Waals surface area contributed by atoms with Crippen LogP contribution in [-0.2, 0) is 0 Å². The zero-order valence-corrected chi connectivity index (χ0v) is 11.4. The van der Waals surface area contributed by atoms with Crippen molar-refractivity contribution in [2.75, 3.05) is 33.2 Å². The predicted octanol–water partition coefficient (Wildman–Crippen LogP) is 2.84. The zero-order valence-electron chi connectivity index (χ0n) is 11.4. The molecule has 2 rings (SSSR count). The summed E-state index contributed by atoms with van der Waals surface area (Å²) >= 11 is 0. The molecule has 2 aliphatic heterocycles. The molecule has 2 aliphatic rings. The predicted molar refractivity (Wildman–Crippen MR) is 69.4 cm³/mol. The highest BCUT2D eigenvalue weighted by Crippen LogP contribution is 2.19. The summed E-state index contributed by atoms with van der Waals surface area (Å²) < 4.78 is 0. The average Bonchev–Trinajstić information content (AvgIpc) is 2.34. The second-order valence-corrected chi connectivity index (χ2v) is 3.95. The Bertz CT molecular complexity index is 136. The van der Waals surface area contributed by atoms with Crippen molar-refractivity contribution in [2.45, 2.75) is 53.0 Å². The summed E-state index contributed by atoms with van der Waals surface area (Å²) in [6.45, 7) is 13.2. The fourth-order valence-electron chi connectivity index (χ4n) is 2.31. The minimum atomic E-state index is 0.891. The number of nitrogens with zero attached hydrogens (tertiary/aromatic N) is 2. The van der Waals surface area contributed by atoms with E-state index in [0.717, 1.165) is 6.04 Å². The molecule has 15 heavy (non-hydrogen) atoms. The summed E-state index contributed by atoms with van der Waals surface area (Å²) in [6.07, 6.45) is 4.32. The van der Waals surface area contributed by atoms with Gasteiger partial charge in [0.05, 0.1) is 0 Å². The lowest BCUT2D eigenvalue weighted by molar-refractivity contribution is 0.0623. The first-order chi connectivity index (χ1) is 7.36. The lowest BCUT2D eigenvalue weighted by Crippen LogP contribution is -2.53. The summed E-state index contributed by atoms with van der Waals surface area (Å²) in [5, 5.41) is 0. The number of hydrogen-bond donors (Lipinski definition) is 0. The number of rotatable bonds is 0. The van der Waals surface area contributed by atoms with Gasteiger partial charge in [-0.05, 0) is 26.4 Å². The number of likely N-dealkylation sites (N-methyl/N-ethyl adjacent to an activating group) is 1. The lowest BCUT2D eigenvalue weighted by Gasteiger charge is -2.42. The highest BCUT2D eigenvalue weighted by molar-refractivity contribution is 4.83. The van der Waals surface area contributed by atoms with E-state index in [-0.39, 0.29) is 0 Å². The molecule has 2 saturated heterocycles. The number of hydrogen-bond acceptors (Lipinski definition) is 2. The molecule has 0 aliphatic carbocycles. The molecule has 0 radical (unpaired) electrons. The molecule has 2 nitrogen and oxygen atoms in total. The quantitative estimate of drug-likeness (QED) is 0.612. The molecule has 0 bridgehead atoms. The van der Waals surface area contributed by atoms with E-state index in [0.29, 0.717) is 0 Å². The Labute approximate surface area is 96.6 Å². The van der Waals surface area contributed by atoms with Crippen molar-refractivity contribution in [1.29, 1.82) is 0 Å². The second-order valence-electron chi connectivity index (χ2n) is 3.95. The minimum Gasteiger partial charge on any atom is -0.304 e. The van der Waals surface area contributed by atoms with Gasteiger partial charge < -0.3 is 4.90 Å². The average molecular weight is 214 g/mol. The molecule has 2 heteroatoms. The molecule has 0 aromatic rings. The SMILES string of the molecule is CC.CC.CN1CCN2CCCCC2C1. The topological polar surface area (TPSA) is 6.48 Å². The Morgan fingerprint density at radius 3 is 2.20 bits per heavy atom. The molecule has 0 aromatic carbocycles. The van der Waals surface area contributed by atoms with Gasteiger partial charge in [0.15, 0.2) is 0 Å². The first-order valence-corrected chi connectivity index (χ1v) is 6.79. The summed E-state index contributed by atoms with van der Waals surface area (Å²) in [4.78, 5) is 5.13. The van der Waals surface area contributed by atoms with Crippen molar-refractivity contribution >= 4 is 0 Å². The normalized spacial score (nSPS) is 26.6. The molecule has 1 unspecified atom stereocenters. The third-order valence-electron chi connectivity index (χ3n) is 3.04. The maximum absolute atomic E-state index is 2.67. The van der Waals surface area contributed by atoms with Gasteiger partial charge in [0.2, 0.25) is 0 Å². The minimum absolute atomic E-state index is 0.891. The summed E-state index contributed by atoms with van der Waals surface area (Å²) in [7, 11) is 2.24. The summed E-state index contributed by atoms with van der Waals surface area (Å²) in [5.74, 6) is 0. The van der Waals surface area contributed by atoms with E-state index in [1.807, 2.05) is 27.7 Å². The van der Waals surface area contributed by atoms with Crippen LogP contribution in [0.25, 0.3) is 0 Å². The van der Waals surface area contributed by atoms with Gasteiger partial charge in [-0.15, -0.1) is 0 Å². The van der Waals surface area contributed by atoms with E-state index < -0.39 is 0 Å². The third-order valence-corrected chi connectivity index (χ3v) is 3.04. The van der Waals surface area contributed by atoms with Crippen molar-refractivity contribution in [3.05, 3.63) is 0 Å². The van der Waals surface area contributed by atoms with Crippen LogP contribution in [0.3, 0.4) is 0 Å². The third kappa shape index (κ3) is 4.98. The van der Waals surface area contributed by atoms with Crippen molar-refractivity contribution in [2.24, 2.45) is 0 Å². The van der Waals surface area contributed by atoms with E-state index in [1.54, 1.807) is 0 Å². The molecule has 2 heterocycles. The fraction of sp³-hybridized carbons (Fsp3) is 1.00. The van der Waals surface area contributed by atoms with E-state index >= 15 is 0 Å². The van der Waals surface area contributed by atoms with Crippen LogP contribution in [0.5, 0.6) is 0 Å². The molecule has 0 spiro atoms. The standard InChI is InChI=1S/C9H18N2.2C2H6/c1-10-6-7-11-5-3-2-4-9(11)8-10;2*1-2/h9H,2-8H2,1H3;2*1-2H3. The monoisotopic (exact) mass is 214 g/mol. The molecule has 0 amide bonds. The molecule has 0 N–H and O–H groups in total. The Balaban J connectivity index is 0.000000442. The lowest BCUT2D eigenvalue weighted by atomic mass is 10.00. The Hall–Kier alpha value is -0.0800. The zero-order chi connectivity index (χ0) is 11.7. The van der Waals surface area contributed by atoms with Crippen molar-refractivity contribution in [3.8, 4) is 0 Å². The maximum atomic E-state index is 2.67. The molecule has 0 aromatic heterocycles. The molecule has 1 atom stereocenters. The van der Waals surface area contributed by atoms with Gasteiger partial charge in [-0.1, -0.05) is 34.1 Å². The van der Waals surface area contributed by atoms with Crippen LogP contribution in [0.15, 0.2) is 0 Å². The van der Waals surface area contributed by atoms with Crippen LogP contribution in [0.2, 0.25) is 0 Å². The van der Waals surface area contributed by atoms with Crippen molar-refractivity contribution < 1.29 is 0 Å². The summed E-state index contributed by atoms with van der Waals surface area (Å²) in [5.41, 5.74) is 0. The van der Waals surface area contributed by atoms with E-state index in [2.05, 4.69) is 16.8 Å². The first kappa shape index (κ1) is 14.9. The van der Waals surface area contributed by atoms with Gasteiger partial charge in [0.25, 0.3) is 0 Å². The number of piperidine rings is 1. The van der Waals surface area contributed by atoms with E-state index in [9.17, 15) is 0 Å². The van der Waals surface area contributed by atoms with Crippen LogP contribution in [-0.4, -0.2) is 49.1 Å². The van der Waals surface area contributed by atoms with Gasteiger partial charge >= 0.3 is 0 Å². The molecular weight excluding hydrogens is 184 g/mol. The molecule has 92 valence electrons. The first-order valence-electron chi connectivity index (χ1n) is 6.79. The largest absolute Gasteiger partial charge is 0.304 e. The number of piperazine rings is 1. The van der Waals surface area contributed by atoms with E-state index in [1.165, 1.54) is 45.4 Å². The van der Waals surface area contributed by atoms with Gasteiger partial charge in [0.1, 0.15) is 0 Å². The molecule has 2 fully saturated rings. The van der Waals surface area contributed by atoms with Gasteiger partial charge in [-0.25, -0.2) is 0 Å². The van der Waals surface area contributed by atoms with Gasteiger partial charge in [-0.2, -0.15) is 0 Å². The molecule has 0 saturated carbocycles. The van der Waals surface area contributed by atoms with Crippen LogP contribution in [0.1, 0.15) is 47.0 Å². The van der Waals surface area contributed by atoms with Crippen molar-refractivity contribution in [3.63, 3.8) is 0 Å². The Kier molecular flexibility index (Phi) is 9.12. The molecular formula is C13H30N2. The highest BCUT2D eigenvalue weighted by Gasteiger charge is 2.26. The number of fused-ring (bicyclic) bond motifs is 1. The van der Waals surface area contributed by atoms with Crippen LogP contribution in [0, 0.1) is 0 Å². The second kappa shape index (κ2) is 9.17.